The fraction of sp³-hybridized carbons (Fsp3) is 0.393. The topological polar surface area (TPSA) is 120 Å². The average Bonchev–Trinajstić information content (AvgIpc) is 3.24. The van der Waals surface area contributed by atoms with Crippen molar-refractivity contribution in [2.75, 3.05) is 30.8 Å². The summed E-state index contributed by atoms with van der Waals surface area (Å²) < 4.78 is 20.9. The molecule has 1 aliphatic heterocycles. The van der Waals surface area contributed by atoms with Crippen molar-refractivity contribution >= 4 is 23.8 Å². The number of rotatable bonds is 9. The van der Waals surface area contributed by atoms with Crippen LogP contribution in [0.4, 0.5) is 15.9 Å². The number of carbonyl (C=O) groups is 2. The highest BCUT2D eigenvalue weighted by Gasteiger charge is 2.32. The lowest BCUT2D eigenvalue weighted by Crippen LogP contribution is -2.45. The second-order valence-corrected chi connectivity index (χ2v) is 10.0. The molecule has 1 saturated heterocycles. The van der Waals surface area contributed by atoms with Crippen LogP contribution in [-0.2, 0) is 11.3 Å². The average molecular weight is 521 g/mol. The first kappa shape index (κ1) is 25.7. The van der Waals surface area contributed by atoms with Gasteiger partial charge in [0.05, 0.1) is 25.4 Å². The fourth-order valence-electron chi connectivity index (χ4n) is 5.45. The van der Waals surface area contributed by atoms with Crippen molar-refractivity contribution in [2.45, 2.75) is 50.7 Å². The quantitative estimate of drug-likeness (QED) is 0.415. The van der Waals surface area contributed by atoms with Gasteiger partial charge in [-0.15, -0.1) is 0 Å². The van der Waals surface area contributed by atoms with Crippen molar-refractivity contribution < 1.29 is 18.7 Å². The molecule has 1 aliphatic carbocycles. The number of anilines is 2. The second kappa shape index (κ2) is 10.8. The minimum atomic E-state index is -0.620. The van der Waals surface area contributed by atoms with E-state index < -0.39 is 11.7 Å². The molecule has 0 atom stereocenters. The highest BCUT2D eigenvalue weighted by Crippen LogP contribution is 2.35. The number of carbonyl (C=O) groups excluding carboxylic acids is 2. The number of likely N-dealkylation sites (tertiary alicyclic amines) is 1. The summed E-state index contributed by atoms with van der Waals surface area (Å²) >= 11 is 0. The van der Waals surface area contributed by atoms with Crippen LogP contribution < -0.4 is 21.1 Å². The molecule has 3 aromatic rings. The maximum atomic E-state index is 13.8. The molecule has 1 aromatic heterocycles. The maximum absolute atomic E-state index is 13.8. The summed E-state index contributed by atoms with van der Waals surface area (Å²) in [6.07, 6.45) is 6.35. The highest BCUT2D eigenvalue weighted by atomic mass is 19.1. The van der Waals surface area contributed by atoms with Crippen LogP contribution in [0, 0.1) is 5.82 Å². The zero-order valence-electron chi connectivity index (χ0n) is 21.5. The summed E-state index contributed by atoms with van der Waals surface area (Å²) in [7, 11) is 1.47. The first-order valence-electron chi connectivity index (χ1n) is 13.0. The maximum Gasteiger partial charge on any atom is 0.254 e. The summed E-state index contributed by atoms with van der Waals surface area (Å²) in [6, 6.07) is 12.1. The van der Waals surface area contributed by atoms with Crippen LogP contribution >= 0.6 is 0 Å². The lowest BCUT2D eigenvalue weighted by molar-refractivity contribution is -0.107. The SMILES string of the molecule is COc1ccc(F)cc1N(C=O)Cc1ccc(-c2nn(C3CCN(C4CCC4)CC3)c(N)c2C(N)=O)cc1. The van der Waals surface area contributed by atoms with Crippen molar-refractivity contribution in [3.63, 3.8) is 0 Å². The molecule has 1 saturated carbocycles. The third-order valence-corrected chi connectivity index (χ3v) is 7.79. The summed E-state index contributed by atoms with van der Waals surface area (Å²) in [4.78, 5) is 28.1. The summed E-state index contributed by atoms with van der Waals surface area (Å²) in [5.41, 5.74) is 14.6. The minimum Gasteiger partial charge on any atom is -0.495 e. The highest BCUT2D eigenvalue weighted by molar-refractivity contribution is 6.03. The number of piperidine rings is 1. The van der Waals surface area contributed by atoms with E-state index in [9.17, 15) is 14.0 Å². The Labute approximate surface area is 221 Å². The monoisotopic (exact) mass is 520 g/mol. The summed E-state index contributed by atoms with van der Waals surface area (Å²) in [6.45, 7) is 2.18. The lowest BCUT2D eigenvalue weighted by Gasteiger charge is -2.41. The summed E-state index contributed by atoms with van der Waals surface area (Å²) in [5.74, 6) is -0.404. The van der Waals surface area contributed by atoms with Crippen molar-refractivity contribution in [1.29, 1.82) is 0 Å². The predicted octanol–water partition coefficient (Wildman–Crippen LogP) is 3.73. The van der Waals surface area contributed by atoms with E-state index in [1.807, 2.05) is 24.3 Å². The van der Waals surface area contributed by atoms with Gasteiger partial charge in [-0.3, -0.25) is 9.59 Å². The molecule has 0 spiro atoms. The third-order valence-electron chi connectivity index (χ3n) is 7.79. The number of amides is 2. The number of methoxy groups -OCH3 is 1. The van der Waals surface area contributed by atoms with Gasteiger partial charge in [0, 0.05) is 30.8 Å². The Morgan fingerprint density at radius 3 is 2.42 bits per heavy atom. The van der Waals surface area contributed by atoms with Crippen LogP contribution in [0.25, 0.3) is 11.3 Å². The van der Waals surface area contributed by atoms with Crippen molar-refractivity contribution in [2.24, 2.45) is 5.73 Å². The molecule has 0 radical (unpaired) electrons. The van der Waals surface area contributed by atoms with Gasteiger partial charge in [-0.05, 0) is 43.4 Å². The molecule has 2 aromatic carbocycles. The van der Waals surface area contributed by atoms with Gasteiger partial charge in [0.1, 0.15) is 28.6 Å². The zero-order chi connectivity index (χ0) is 26.8. The van der Waals surface area contributed by atoms with Gasteiger partial charge < -0.3 is 26.0 Å². The molecule has 38 heavy (non-hydrogen) atoms. The minimum absolute atomic E-state index is 0.111. The van der Waals surface area contributed by atoms with Gasteiger partial charge in [0.25, 0.3) is 5.91 Å². The van der Waals surface area contributed by atoms with Crippen LogP contribution in [0.2, 0.25) is 0 Å². The number of primary amides is 1. The molecule has 0 unspecified atom stereocenters. The van der Waals surface area contributed by atoms with Gasteiger partial charge in [-0.1, -0.05) is 30.7 Å². The number of nitrogen functional groups attached to an aromatic ring is 1. The third kappa shape index (κ3) is 4.96. The second-order valence-electron chi connectivity index (χ2n) is 10.0. The van der Waals surface area contributed by atoms with Crippen molar-refractivity contribution in [3.05, 3.63) is 59.4 Å². The number of nitrogens with two attached hydrogens (primary N) is 2. The van der Waals surface area contributed by atoms with E-state index in [1.54, 1.807) is 4.68 Å². The number of ether oxygens (including phenoxy) is 1. The lowest BCUT2D eigenvalue weighted by atomic mass is 9.89. The van der Waals surface area contributed by atoms with Gasteiger partial charge >= 0.3 is 0 Å². The fourth-order valence-corrected chi connectivity index (χ4v) is 5.45. The van der Waals surface area contributed by atoms with Crippen molar-refractivity contribution in [1.82, 2.24) is 14.7 Å². The van der Waals surface area contributed by atoms with E-state index in [0.29, 0.717) is 41.0 Å². The number of hydrogen-bond acceptors (Lipinski definition) is 6. The van der Waals surface area contributed by atoms with E-state index in [2.05, 4.69) is 4.90 Å². The van der Waals surface area contributed by atoms with Crippen LogP contribution in [-0.4, -0.2) is 53.2 Å². The molecule has 0 bridgehead atoms. The van der Waals surface area contributed by atoms with Gasteiger partial charge in [0.2, 0.25) is 6.41 Å². The number of halogens is 1. The largest absolute Gasteiger partial charge is 0.495 e. The molecular weight excluding hydrogens is 487 g/mol. The van der Waals surface area contributed by atoms with E-state index in [0.717, 1.165) is 31.5 Å². The van der Waals surface area contributed by atoms with Gasteiger partial charge in [-0.2, -0.15) is 5.10 Å². The number of aromatic nitrogens is 2. The molecule has 200 valence electrons. The molecule has 2 fully saturated rings. The van der Waals surface area contributed by atoms with E-state index in [4.69, 9.17) is 21.3 Å². The van der Waals surface area contributed by atoms with Gasteiger partial charge in [0.15, 0.2) is 0 Å². The molecule has 2 heterocycles. The first-order chi connectivity index (χ1) is 18.4. The predicted molar refractivity (Wildman–Crippen MR) is 143 cm³/mol. The molecule has 10 heteroatoms. The Kier molecular flexibility index (Phi) is 7.33. The normalized spacial score (nSPS) is 16.7. The summed E-state index contributed by atoms with van der Waals surface area (Å²) in [5, 5.41) is 4.76. The number of benzene rings is 2. The van der Waals surface area contributed by atoms with Crippen LogP contribution in [0.15, 0.2) is 42.5 Å². The Bertz CT molecular complexity index is 1310. The zero-order valence-corrected chi connectivity index (χ0v) is 21.5. The molecular formula is C28H33FN6O3. The van der Waals surface area contributed by atoms with E-state index in [1.165, 1.54) is 49.5 Å². The Morgan fingerprint density at radius 2 is 1.84 bits per heavy atom. The standard InChI is InChI=1S/C28H33FN6O3/c1-38-24-10-9-20(29)15-23(24)34(17-36)16-18-5-7-19(8-6-18)26-25(28(31)37)27(30)35(32-26)22-11-13-33(14-12-22)21-3-2-4-21/h5-10,15,17,21-22H,2-4,11-14,16,30H2,1H3,(H2,31,37). The Hall–Kier alpha value is -3.92. The number of hydrogen-bond donors (Lipinski definition) is 2. The Balaban J connectivity index is 1.36. The Morgan fingerprint density at radius 1 is 1.13 bits per heavy atom. The smallest absolute Gasteiger partial charge is 0.254 e. The van der Waals surface area contributed by atoms with E-state index >= 15 is 0 Å². The molecule has 5 rings (SSSR count). The van der Waals surface area contributed by atoms with Gasteiger partial charge in [-0.25, -0.2) is 9.07 Å². The van der Waals surface area contributed by atoms with Crippen LogP contribution in [0.1, 0.15) is 54.1 Å². The first-order valence-corrected chi connectivity index (χ1v) is 13.0. The van der Waals surface area contributed by atoms with Crippen LogP contribution in [0.5, 0.6) is 5.75 Å². The number of nitrogens with zero attached hydrogens (tertiary/aromatic N) is 4. The molecule has 4 N–H and O–H groups in total. The molecule has 9 nitrogen and oxygen atoms in total. The molecule has 2 aliphatic rings. The van der Waals surface area contributed by atoms with Crippen LogP contribution in [0.3, 0.4) is 0 Å². The van der Waals surface area contributed by atoms with Crippen molar-refractivity contribution in [3.8, 4) is 17.0 Å². The van der Waals surface area contributed by atoms with E-state index in [-0.39, 0.29) is 18.2 Å². The molecule has 2 amide bonds.